The summed E-state index contributed by atoms with van der Waals surface area (Å²) in [6.07, 6.45) is 1.45. The van der Waals surface area contributed by atoms with Crippen LogP contribution in [-0.4, -0.2) is 23.8 Å². The monoisotopic (exact) mass is 156 g/mol. The number of hydrogen-bond acceptors (Lipinski definition) is 3. The Balaban J connectivity index is 2.05. The van der Waals surface area contributed by atoms with E-state index < -0.39 is 6.29 Å². The Labute approximate surface area is 65.4 Å². The van der Waals surface area contributed by atoms with E-state index in [2.05, 4.69) is 0 Å². The van der Waals surface area contributed by atoms with Crippen LogP contribution in [-0.2, 0) is 9.53 Å². The summed E-state index contributed by atoms with van der Waals surface area (Å²) < 4.78 is 5.05. The third kappa shape index (κ3) is 1.19. The molecule has 1 N–H and O–H groups in total. The van der Waals surface area contributed by atoms with Crippen LogP contribution in [0.25, 0.3) is 0 Å². The predicted octanol–water partition coefficient (Wildman–Crippen LogP) is 0.320. The van der Waals surface area contributed by atoms with Gasteiger partial charge in [0.05, 0.1) is 6.61 Å². The Morgan fingerprint density at radius 3 is 3.18 bits per heavy atom. The van der Waals surface area contributed by atoms with Crippen LogP contribution in [0.3, 0.4) is 0 Å². The molecule has 3 atom stereocenters. The normalized spacial score (nSPS) is 44.1. The first kappa shape index (κ1) is 7.25. The molecule has 2 rings (SSSR count). The molecule has 1 aliphatic heterocycles. The number of fused-ring (bicyclic) bond motifs is 1. The van der Waals surface area contributed by atoms with Crippen LogP contribution < -0.4 is 0 Å². The summed E-state index contributed by atoms with van der Waals surface area (Å²) in [5, 5.41) is 9.28. The minimum absolute atomic E-state index is 0.229. The van der Waals surface area contributed by atoms with E-state index in [0.717, 1.165) is 6.42 Å². The molecule has 0 amide bonds. The lowest BCUT2D eigenvalue weighted by molar-refractivity contribution is -0.123. The van der Waals surface area contributed by atoms with Crippen molar-refractivity contribution in [3.05, 3.63) is 0 Å². The molecular formula is C8H12O3. The molecule has 0 radical (unpaired) electrons. The average Bonchev–Trinajstić information content (AvgIpc) is 2.32. The zero-order valence-electron chi connectivity index (χ0n) is 6.32. The van der Waals surface area contributed by atoms with Crippen molar-refractivity contribution in [2.45, 2.75) is 25.6 Å². The molecule has 62 valence electrons. The summed E-state index contributed by atoms with van der Waals surface area (Å²) >= 11 is 0. The van der Waals surface area contributed by atoms with E-state index in [4.69, 9.17) is 4.74 Å². The second kappa shape index (κ2) is 2.57. The Hall–Kier alpha value is -0.410. The van der Waals surface area contributed by atoms with Crippen LogP contribution in [0.1, 0.15) is 19.3 Å². The summed E-state index contributed by atoms with van der Waals surface area (Å²) in [5.74, 6) is 0.850. The summed E-state index contributed by atoms with van der Waals surface area (Å²) in [4.78, 5) is 11.0. The Morgan fingerprint density at radius 1 is 1.55 bits per heavy atom. The van der Waals surface area contributed by atoms with E-state index in [-0.39, 0.29) is 5.92 Å². The van der Waals surface area contributed by atoms with Gasteiger partial charge in [-0.2, -0.15) is 0 Å². The number of hydrogen-bond donors (Lipinski definition) is 1. The predicted molar refractivity (Wildman–Crippen MR) is 37.8 cm³/mol. The summed E-state index contributed by atoms with van der Waals surface area (Å²) in [6, 6.07) is 0. The van der Waals surface area contributed by atoms with E-state index in [9.17, 15) is 9.90 Å². The minimum Gasteiger partial charge on any atom is -0.368 e. The lowest BCUT2D eigenvalue weighted by atomic mass is 9.80. The molecule has 1 heterocycles. The highest BCUT2D eigenvalue weighted by molar-refractivity contribution is 5.79. The molecule has 11 heavy (non-hydrogen) atoms. The van der Waals surface area contributed by atoms with Gasteiger partial charge in [-0.15, -0.1) is 0 Å². The molecule has 0 unspecified atom stereocenters. The number of carbonyl (C=O) groups excluding carboxylic acids is 1. The molecule has 3 heteroatoms. The Bertz CT molecular complexity index is 178. The van der Waals surface area contributed by atoms with Gasteiger partial charge in [-0.3, -0.25) is 4.79 Å². The van der Waals surface area contributed by atoms with Crippen LogP contribution in [0.2, 0.25) is 0 Å². The van der Waals surface area contributed by atoms with Crippen molar-refractivity contribution in [3.63, 3.8) is 0 Å². The topological polar surface area (TPSA) is 46.5 Å². The molecule has 0 spiro atoms. The van der Waals surface area contributed by atoms with Crippen LogP contribution in [0.15, 0.2) is 0 Å². The zero-order valence-corrected chi connectivity index (χ0v) is 6.32. The van der Waals surface area contributed by atoms with E-state index >= 15 is 0 Å². The molecule has 2 aliphatic rings. The van der Waals surface area contributed by atoms with Gasteiger partial charge in [0.1, 0.15) is 5.78 Å². The molecular weight excluding hydrogens is 144 g/mol. The number of aliphatic hydroxyl groups excluding tert-OH is 1. The third-order valence-corrected chi connectivity index (χ3v) is 2.70. The van der Waals surface area contributed by atoms with Crippen molar-refractivity contribution in [2.75, 3.05) is 6.61 Å². The van der Waals surface area contributed by atoms with Crippen LogP contribution in [0.4, 0.5) is 0 Å². The fourth-order valence-corrected chi connectivity index (χ4v) is 2.01. The Morgan fingerprint density at radius 2 is 2.36 bits per heavy atom. The number of carbonyl (C=O) groups is 1. The van der Waals surface area contributed by atoms with Crippen LogP contribution in [0.5, 0.6) is 0 Å². The van der Waals surface area contributed by atoms with Gasteiger partial charge in [-0.25, -0.2) is 0 Å². The second-order valence-corrected chi connectivity index (χ2v) is 3.43. The largest absolute Gasteiger partial charge is 0.368 e. The maximum absolute atomic E-state index is 11.0. The van der Waals surface area contributed by atoms with Gasteiger partial charge in [0.2, 0.25) is 0 Å². The van der Waals surface area contributed by atoms with Gasteiger partial charge in [0.15, 0.2) is 6.29 Å². The van der Waals surface area contributed by atoms with Gasteiger partial charge >= 0.3 is 0 Å². The molecule has 0 aromatic rings. The van der Waals surface area contributed by atoms with Crippen molar-refractivity contribution < 1.29 is 14.6 Å². The van der Waals surface area contributed by atoms with Crippen molar-refractivity contribution in [1.29, 1.82) is 0 Å². The third-order valence-electron chi connectivity index (χ3n) is 2.70. The highest BCUT2D eigenvalue weighted by Gasteiger charge is 2.39. The SMILES string of the molecule is O=C1CC[C@@H]2[C@@H](CO[C@H]2O)C1. The molecule has 3 nitrogen and oxygen atoms in total. The first-order valence-corrected chi connectivity index (χ1v) is 4.09. The van der Waals surface area contributed by atoms with Crippen LogP contribution in [0, 0.1) is 11.8 Å². The quantitative estimate of drug-likeness (QED) is 0.549. The van der Waals surface area contributed by atoms with E-state index in [1.807, 2.05) is 0 Å². The highest BCUT2D eigenvalue weighted by Crippen LogP contribution is 2.36. The highest BCUT2D eigenvalue weighted by atomic mass is 16.6. The van der Waals surface area contributed by atoms with Crippen molar-refractivity contribution in [2.24, 2.45) is 11.8 Å². The number of rotatable bonds is 0. The number of ether oxygens (including phenoxy) is 1. The van der Waals surface area contributed by atoms with Crippen molar-refractivity contribution >= 4 is 5.78 Å². The van der Waals surface area contributed by atoms with Gasteiger partial charge in [0.25, 0.3) is 0 Å². The molecule has 0 aromatic heterocycles. The van der Waals surface area contributed by atoms with E-state index in [0.29, 0.717) is 31.1 Å². The summed E-state index contributed by atoms with van der Waals surface area (Å²) in [5.41, 5.74) is 0. The fourth-order valence-electron chi connectivity index (χ4n) is 2.01. The maximum atomic E-state index is 11.0. The number of aliphatic hydroxyl groups is 1. The average molecular weight is 156 g/mol. The lowest BCUT2D eigenvalue weighted by Crippen LogP contribution is -2.27. The molecule has 0 bridgehead atoms. The number of Topliss-reactive ketones (excluding diaryl/α,β-unsaturated/α-hetero) is 1. The molecule has 0 aromatic carbocycles. The molecule has 1 saturated heterocycles. The van der Waals surface area contributed by atoms with Gasteiger partial charge in [-0.05, 0) is 12.3 Å². The summed E-state index contributed by atoms with van der Waals surface area (Å²) in [7, 11) is 0. The van der Waals surface area contributed by atoms with E-state index in [1.54, 1.807) is 0 Å². The van der Waals surface area contributed by atoms with Crippen LogP contribution >= 0.6 is 0 Å². The smallest absolute Gasteiger partial charge is 0.157 e. The first-order valence-electron chi connectivity index (χ1n) is 4.09. The fraction of sp³-hybridized carbons (Fsp3) is 0.875. The second-order valence-electron chi connectivity index (χ2n) is 3.43. The lowest BCUT2D eigenvalue weighted by Gasteiger charge is -2.23. The minimum atomic E-state index is -0.604. The molecule has 1 saturated carbocycles. The maximum Gasteiger partial charge on any atom is 0.157 e. The van der Waals surface area contributed by atoms with Gasteiger partial charge in [0, 0.05) is 18.8 Å². The molecule has 1 aliphatic carbocycles. The Kier molecular flexibility index (Phi) is 1.69. The van der Waals surface area contributed by atoms with Crippen molar-refractivity contribution in [1.82, 2.24) is 0 Å². The summed E-state index contributed by atoms with van der Waals surface area (Å²) in [6.45, 7) is 0.567. The first-order chi connectivity index (χ1) is 5.27. The standard InChI is InChI=1S/C8H12O3/c9-6-1-2-7-5(3-6)4-11-8(7)10/h5,7-8,10H,1-4H2/t5-,7-,8-/m1/s1. The number of ketones is 1. The van der Waals surface area contributed by atoms with Gasteiger partial charge < -0.3 is 9.84 Å². The zero-order chi connectivity index (χ0) is 7.84. The van der Waals surface area contributed by atoms with Gasteiger partial charge in [-0.1, -0.05) is 0 Å². The van der Waals surface area contributed by atoms with E-state index in [1.165, 1.54) is 0 Å². The van der Waals surface area contributed by atoms with Crippen molar-refractivity contribution in [3.8, 4) is 0 Å². The molecule has 2 fully saturated rings.